The largest absolute Gasteiger partial charge is 0.507 e. The Labute approximate surface area is 175 Å². The second kappa shape index (κ2) is 7.98. The fraction of sp³-hybridized carbons (Fsp3) is 0.238. The van der Waals surface area contributed by atoms with Crippen molar-refractivity contribution in [1.82, 2.24) is 0 Å². The summed E-state index contributed by atoms with van der Waals surface area (Å²) in [6.07, 6.45) is -0.781. The van der Waals surface area contributed by atoms with Crippen LogP contribution in [0.2, 0.25) is 0 Å². The lowest BCUT2D eigenvalue weighted by Crippen LogP contribution is -2.08. The van der Waals surface area contributed by atoms with Gasteiger partial charge >= 0.3 is 0 Å². The minimum Gasteiger partial charge on any atom is -0.507 e. The summed E-state index contributed by atoms with van der Waals surface area (Å²) in [6, 6.07) is 0. The summed E-state index contributed by atoms with van der Waals surface area (Å²) in [5.41, 5.74) is -3.84. The van der Waals surface area contributed by atoms with Gasteiger partial charge in [0.1, 0.15) is 56.8 Å². The van der Waals surface area contributed by atoms with E-state index in [1.165, 1.54) is 0 Å². The van der Waals surface area contributed by atoms with E-state index in [0.29, 0.717) is 0 Å². The molecule has 0 radical (unpaired) electrons. The second-order valence-electron chi connectivity index (χ2n) is 6.95. The number of rotatable bonds is 6. The number of hydrogen-bond acceptors (Lipinski definition) is 10. The molecule has 6 N–H and O–H groups in total. The van der Waals surface area contributed by atoms with Crippen molar-refractivity contribution in [3.63, 3.8) is 0 Å². The Morgan fingerprint density at radius 1 is 0.452 bits per heavy atom. The number of ketones is 4. The highest BCUT2D eigenvalue weighted by Crippen LogP contribution is 2.48. The molecule has 0 aromatic heterocycles. The Kier molecular flexibility index (Phi) is 5.97. The molecule has 0 aliphatic rings. The van der Waals surface area contributed by atoms with Gasteiger partial charge in [0.15, 0.2) is 23.1 Å². The maximum absolute atomic E-state index is 11.9. The van der Waals surface area contributed by atoms with E-state index in [1.54, 1.807) is 0 Å². The molecule has 0 amide bonds. The van der Waals surface area contributed by atoms with Crippen LogP contribution >= 0.6 is 0 Å². The fourth-order valence-electron chi connectivity index (χ4n) is 3.37. The first kappa shape index (κ1) is 23.2. The standard InChI is InChI=1S/C21H20O10/c1-6(22)12-16(26)10(17(27)13(7(2)23)20(12)30)5-11-18(28)14(8(3)24)21(31)15(9(4)25)19(11)29/h26-31H,5H2,1-4H3. The molecule has 0 saturated heterocycles. The van der Waals surface area contributed by atoms with Crippen LogP contribution in [0.1, 0.15) is 80.3 Å². The predicted octanol–water partition coefficient (Wildman–Crippen LogP) is 2.32. The lowest BCUT2D eigenvalue weighted by molar-refractivity contribution is 0.0987. The van der Waals surface area contributed by atoms with Gasteiger partial charge in [-0.1, -0.05) is 0 Å². The molecule has 2 rings (SSSR count). The molecule has 0 atom stereocenters. The van der Waals surface area contributed by atoms with Crippen LogP contribution in [-0.4, -0.2) is 53.8 Å². The van der Waals surface area contributed by atoms with Crippen LogP contribution in [0.4, 0.5) is 0 Å². The molecule has 10 nitrogen and oxygen atoms in total. The van der Waals surface area contributed by atoms with Gasteiger partial charge in [-0.2, -0.15) is 0 Å². The van der Waals surface area contributed by atoms with Crippen molar-refractivity contribution in [3.8, 4) is 34.5 Å². The van der Waals surface area contributed by atoms with Crippen molar-refractivity contribution in [2.75, 3.05) is 0 Å². The number of phenolic OH excluding ortho intramolecular Hbond substituents is 6. The van der Waals surface area contributed by atoms with E-state index in [4.69, 9.17) is 0 Å². The zero-order valence-electron chi connectivity index (χ0n) is 17.0. The van der Waals surface area contributed by atoms with Gasteiger partial charge in [0.2, 0.25) is 0 Å². The maximum atomic E-state index is 11.9. The molecule has 0 unspecified atom stereocenters. The molecule has 164 valence electrons. The van der Waals surface area contributed by atoms with Crippen LogP contribution in [0.5, 0.6) is 34.5 Å². The Balaban J connectivity index is 2.98. The monoisotopic (exact) mass is 432 g/mol. The molecule has 0 aliphatic heterocycles. The normalized spacial score (nSPS) is 10.7. The number of carbonyl (C=O) groups excluding carboxylic acids is 4. The van der Waals surface area contributed by atoms with Gasteiger partial charge in [-0.15, -0.1) is 0 Å². The number of aromatic hydroxyl groups is 6. The summed E-state index contributed by atoms with van der Waals surface area (Å²) in [7, 11) is 0. The zero-order chi connectivity index (χ0) is 23.9. The van der Waals surface area contributed by atoms with E-state index in [2.05, 4.69) is 0 Å². The molecule has 0 fully saturated rings. The first-order valence-corrected chi connectivity index (χ1v) is 8.87. The quantitative estimate of drug-likeness (QED) is 0.369. The SMILES string of the molecule is CC(=O)c1c(O)c(Cc2c(O)c(C(C)=O)c(O)c(C(C)=O)c2O)c(O)c(C(C)=O)c1O. The smallest absolute Gasteiger partial charge is 0.167 e. The van der Waals surface area contributed by atoms with Gasteiger partial charge in [0, 0.05) is 17.5 Å². The Morgan fingerprint density at radius 2 is 0.645 bits per heavy atom. The van der Waals surface area contributed by atoms with E-state index < -0.39 is 97.4 Å². The summed E-state index contributed by atoms with van der Waals surface area (Å²) in [4.78, 5) is 47.6. The number of hydrogen-bond donors (Lipinski definition) is 6. The molecule has 0 heterocycles. The van der Waals surface area contributed by atoms with E-state index >= 15 is 0 Å². The maximum Gasteiger partial charge on any atom is 0.167 e. The predicted molar refractivity (Wildman–Crippen MR) is 106 cm³/mol. The lowest BCUT2D eigenvalue weighted by atomic mass is 9.89. The Hall–Kier alpha value is -4.08. The van der Waals surface area contributed by atoms with E-state index in [9.17, 15) is 49.8 Å². The van der Waals surface area contributed by atoms with Gasteiger partial charge in [0.25, 0.3) is 0 Å². The fourth-order valence-corrected chi connectivity index (χ4v) is 3.37. The molecule has 0 aliphatic carbocycles. The van der Waals surface area contributed by atoms with Gasteiger partial charge in [-0.05, 0) is 27.7 Å². The van der Waals surface area contributed by atoms with Gasteiger partial charge in [-0.25, -0.2) is 0 Å². The molecule has 2 aromatic carbocycles. The Morgan fingerprint density at radius 3 is 0.806 bits per heavy atom. The molecule has 31 heavy (non-hydrogen) atoms. The molecular weight excluding hydrogens is 412 g/mol. The van der Waals surface area contributed by atoms with Crippen molar-refractivity contribution in [1.29, 1.82) is 0 Å². The second-order valence-corrected chi connectivity index (χ2v) is 6.95. The van der Waals surface area contributed by atoms with Crippen molar-refractivity contribution >= 4 is 23.1 Å². The van der Waals surface area contributed by atoms with Crippen LogP contribution in [0, 0.1) is 0 Å². The number of carbonyl (C=O) groups is 4. The highest BCUT2D eigenvalue weighted by molar-refractivity contribution is 6.09. The lowest BCUT2D eigenvalue weighted by Gasteiger charge is -2.19. The molecule has 2 aromatic rings. The van der Waals surface area contributed by atoms with Crippen LogP contribution in [0.15, 0.2) is 0 Å². The number of Topliss-reactive ketones (excluding diaryl/α,β-unsaturated/α-hetero) is 4. The highest BCUT2D eigenvalue weighted by Gasteiger charge is 2.32. The molecule has 0 spiro atoms. The third-order valence-electron chi connectivity index (χ3n) is 4.80. The summed E-state index contributed by atoms with van der Waals surface area (Å²) in [6.45, 7) is 3.93. The van der Waals surface area contributed by atoms with E-state index in [0.717, 1.165) is 27.7 Å². The van der Waals surface area contributed by atoms with E-state index in [-0.39, 0.29) is 0 Å². The van der Waals surface area contributed by atoms with Crippen LogP contribution in [0.3, 0.4) is 0 Å². The third kappa shape index (κ3) is 3.63. The van der Waals surface area contributed by atoms with Crippen molar-refractivity contribution in [2.24, 2.45) is 0 Å². The summed E-state index contributed by atoms with van der Waals surface area (Å²) in [5.74, 6) is -9.07. The van der Waals surface area contributed by atoms with E-state index in [1.807, 2.05) is 0 Å². The number of benzene rings is 2. The topological polar surface area (TPSA) is 190 Å². The molecule has 0 bridgehead atoms. The average molecular weight is 432 g/mol. The molecule has 10 heteroatoms. The van der Waals surface area contributed by atoms with Crippen LogP contribution in [0.25, 0.3) is 0 Å². The minimum atomic E-state index is -0.952. The van der Waals surface area contributed by atoms with Gasteiger partial charge in [0.05, 0.1) is 0 Å². The zero-order valence-corrected chi connectivity index (χ0v) is 17.0. The van der Waals surface area contributed by atoms with Gasteiger partial charge in [-0.3, -0.25) is 19.2 Å². The van der Waals surface area contributed by atoms with Crippen LogP contribution in [-0.2, 0) is 6.42 Å². The minimum absolute atomic E-state index is 0.548. The Bertz CT molecular complexity index is 1000. The first-order valence-electron chi connectivity index (χ1n) is 8.87. The van der Waals surface area contributed by atoms with Gasteiger partial charge < -0.3 is 30.6 Å². The first-order chi connectivity index (χ1) is 14.2. The average Bonchev–Trinajstić information content (AvgIpc) is 2.59. The molecule has 0 saturated carbocycles. The summed E-state index contributed by atoms with van der Waals surface area (Å²) in [5, 5.41) is 62.3. The molecular formula is C21H20O10. The highest BCUT2D eigenvalue weighted by atomic mass is 16.3. The van der Waals surface area contributed by atoms with Crippen molar-refractivity contribution in [2.45, 2.75) is 34.1 Å². The van der Waals surface area contributed by atoms with Crippen LogP contribution < -0.4 is 0 Å². The number of phenols is 6. The third-order valence-corrected chi connectivity index (χ3v) is 4.80. The van der Waals surface area contributed by atoms with Crippen molar-refractivity contribution < 1.29 is 49.8 Å². The summed E-state index contributed by atoms with van der Waals surface area (Å²) >= 11 is 0. The van der Waals surface area contributed by atoms with Crippen molar-refractivity contribution in [3.05, 3.63) is 33.4 Å². The summed E-state index contributed by atoms with van der Waals surface area (Å²) < 4.78 is 0.